The minimum atomic E-state index is -0.547. The number of carbonyl (C=O) groups excluding carboxylic acids is 2. The fourth-order valence-electron chi connectivity index (χ4n) is 0.624. The van der Waals surface area contributed by atoms with E-state index in [4.69, 9.17) is 23.2 Å². The average Bonchev–Trinajstić information content (AvgIpc) is 2.17. The zero-order chi connectivity index (χ0) is 8.59. The predicted octanol–water partition coefficient (Wildman–Crippen LogP) is 1.32. The Morgan fingerprint density at radius 3 is 1.73 bits per heavy atom. The van der Waals surface area contributed by atoms with Crippen molar-refractivity contribution in [2.24, 2.45) is 0 Å². The summed E-state index contributed by atoms with van der Waals surface area (Å²) in [5.41, 5.74) is 0. The van der Waals surface area contributed by atoms with E-state index >= 15 is 0 Å². The van der Waals surface area contributed by atoms with Crippen molar-refractivity contribution < 1.29 is 9.59 Å². The Hall–Kier alpha value is -0.190. The molecule has 1 aliphatic heterocycles. The van der Waals surface area contributed by atoms with Gasteiger partial charge in [-0.05, 0) is 11.9 Å². The molecule has 0 atom stereocenters. The number of rotatable bonds is 1. The second-order valence-electron chi connectivity index (χ2n) is 1.72. The summed E-state index contributed by atoms with van der Waals surface area (Å²) in [6.07, 6.45) is 1.59. The zero-order valence-corrected chi connectivity index (χ0v) is 7.76. The van der Waals surface area contributed by atoms with Gasteiger partial charge < -0.3 is 0 Å². The van der Waals surface area contributed by atoms with E-state index in [1.54, 1.807) is 6.26 Å². The molecule has 1 aliphatic rings. The highest BCUT2D eigenvalue weighted by Crippen LogP contribution is 2.29. The van der Waals surface area contributed by atoms with Gasteiger partial charge in [0.25, 0.3) is 11.8 Å². The van der Waals surface area contributed by atoms with Crippen molar-refractivity contribution in [3.63, 3.8) is 0 Å². The normalized spacial score (nSPS) is 18.6. The van der Waals surface area contributed by atoms with Gasteiger partial charge in [-0.3, -0.25) is 9.59 Å². The first-order valence-corrected chi connectivity index (χ1v) is 4.51. The zero-order valence-electron chi connectivity index (χ0n) is 5.43. The highest BCUT2D eigenvalue weighted by molar-refractivity contribution is 7.97. The minimum absolute atomic E-state index is 0.203. The summed E-state index contributed by atoms with van der Waals surface area (Å²) >= 11 is 11.8. The van der Waals surface area contributed by atoms with Crippen LogP contribution in [0.15, 0.2) is 10.1 Å². The summed E-state index contributed by atoms with van der Waals surface area (Å²) in [7, 11) is 0. The van der Waals surface area contributed by atoms with Gasteiger partial charge >= 0.3 is 0 Å². The Bertz CT molecular complexity index is 239. The summed E-state index contributed by atoms with van der Waals surface area (Å²) in [4.78, 5) is 21.9. The van der Waals surface area contributed by atoms with Crippen LogP contribution in [0.1, 0.15) is 0 Å². The van der Waals surface area contributed by atoms with Gasteiger partial charge in [0.1, 0.15) is 10.1 Å². The highest BCUT2D eigenvalue weighted by Gasteiger charge is 2.36. The third kappa shape index (κ3) is 1.26. The van der Waals surface area contributed by atoms with Crippen molar-refractivity contribution in [1.82, 2.24) is 4.31 Å². The molecular formula is C5H3Cl2NO2S. The molecule has 1 rings (SSSR count). The Morgan fingerprint density at radius 1 is 1.18 bits per heavy atom. The second kappa shape index (κ2) is 3.05. The molecule has 0 unspecified atom stereocenters. The summed E-state index contributed by atoms with van der Waals surface area (Å²) in [6, 6.07) is 0. The Morgan fingerprint density at radius 2 is 1.55 bits per heavy atom. The van der Waals surface area contributed by atoms with Crippen LogP contribution in [0, 0.1) is 0 Å². The molecule has 0 saturated heterocycles. The van der Waals surface area contributed by atoms with Crippen LogP contribution in [0.4, 0.5) is 0 Å². The smallest absolute Gasteiger partial charge is 0.267 e. The van der Waals surface area contributed by atoms with E-state index in [1.165, 1.54) is 0 Å². The van der Waals surface area contributed by atoms with Gasteiger partial charge in [0.05, 0.1) is 0 Å². The van der Waals surface area contributed by atoms with Crippen molar-refractivity contribution in [3.8, 4) is 0 Å². The number of carbonyl (C=O) groups is 2. The molecule has 2 amide bonds. The van der Waals surface area contributed by atoms with E-state index in [0.29, 0.717) is 0 Å². The number of nitrogens with zero attached hydrogens (tertiary/aromatic N) is 1. The molecule has 0 spiro atoms. The second-order valence-corrected chi connectivity index (χ2v) is 3.20. The molecule has 11 heavy (non-hydrogen) atoms. The molecule has 3 nitrogen and oxygen atoms in total. The van der Waals surface area contributed by atoms with Crippen molar-refractivity contribution in [2.75, 3.05) is 6.26 Å². The van der Waals surface area contributed by atoms with E-state index in [1.807, 2.05) is 0 Å². The number of halogens is 2. The molecule has 60 valence electrons. The van der Waals surface area contributed by atoms with E-state index in [2.05, 4.69) is 0 Å². The molecule has 1 heterocycles. The first-order chi connectivity index (χ1) is 5.09. The van der Waals surface area contributed by atoms with Crippen LogP contribution in [-0.2, 0) is 9.59 Å². The van der Waals surface area contributed by atoms with Crippen LogP contribution in [0.25, 0.3) is 0 Å². The molecule has 0 aliphatic carbocycles. The maximum atomic E-state index is 11.0. The van der Waals surface area contributed by atoms with Crippen LogP contribution in [0.3, 0.4) is 0 Å². The Balaban J connectivity index is 3.02. The van der Waals surface area contributed by atoms with Gasteiger partial charge in [0.2, 0.25) is 0 Å². The van der Waals surface area contributed by atoms with Crippen molar-refractivity contribution >= 4 is 47.0 Å². The molecule has 0 aromatic carbocycles. The lowest BCUT2D eigenvalue weighted by atomic mass is 10.5. The quantitative estimate of drug-likeness (QED) is 0.486. The maximum absolute atomic E-state index is 11.0. The Labute approximate surface area is 77.5 Å². The third-order valence-electron chi connectivity index (χ3n) is 1.12. The van der Waals surface area contributed by atoms with Crippen LogP contribution in [-0.4, -0.2) is 22.4 Å². The van der Waals surface area contributed by atoms with Crippen molar-refractivity contribution in [2.45, 2.75) is 0 Å². The first-order valence-electron chi connectivity index (χ1n) is 2.57. The molecule has 0 radical (unpaired) electrons. The summed E-state index contributed by atoms with van der Waals surface area (Å²) in [5.74, 6) is -1.09. The highest BCUT2D eigenvalue weighted by atomic mass is 35.5. The van der Waals surface area contributed by atoms with Gasteiger partial charge in [-0.1, -0.05) is 23.2 Å². The van der Waals surface area contributed by atoms with E-state index in [9.17, 15) is 9.59 Å². The van der Waals surface area contributed by atoms with Crippen molar-refractivity contribution in [1.29, 1.82) is 0 Å². The fraction of sp³-hybridized carbons (Fsp3) is 0.200. The molecule has 0 saturated carbocycles. The molecule has 0 aromatic heterocycles. The standard InChI is InChI=1S/C5H3Cl2NO2S/c1-11-8-4(9)2(6)3(7)5(8)10/h1H3. The Kier molecular flexibility index (Phi) is 2.47. The number of amides is 2. The monoisotopic (exact) mass is 211 g/mol. The van der Waals surface area contributed by atoms with Crippen LogP contribution < -0.4 is 0 Å². The number of imide groups is 1. The largest absolute Gasteiger partial charge is 0.284 e. The van der Waals surface area contributed by atoms with Gasteiger partial charge in [0, 0.05) is 6.26 Å². The van der Waals surface area contributed by atoms with E-state index in [0.717, 1.165) is 16.3 Å². The molecule has 0 aromatic rings. The fourth-order valence-corrected chi connectivity index (χ4v) is 1.57. The lowest BCUT2D eigenvalue weighted by molar-refractivity contribution is -0.130. The van der Waals surface area contributed by atoms with Crippen LogP contribution >= 0.6 is 35.1 Å². The number of hydrogen-bond acceptors (Lipinski definition) is 3. The maximum Gasteiger partial charge on any atom is 0.284 e. The van der Waals surface area contributed by atoms with Gasteiger partial charge in [-0.15, -0.1) is 0 Å². The van der Waals surface area contributed by atoms with Crippen LogP contribution in [0.2, 0.25) is 0 Å². The lowest BCUT2D eigenvalue weighted by Crippen LogP contribution is -2.23. The lowest BCUT2D eigenvalue weighted by Gasteiger charge is -2.07. The number of hydrogen-bond donors (Lipinski definition) is 0. The summed E-state index contributed by atoms with van der Waals surface area (Å²) < 4.78 is 0.907. The molecule has 0 fully saturated rings. The topological polar surface area (TPSA) is 37.4 Å². The summed E-state index contributed by atoms with van der Waals surface area (Å²) in [5, 5.41) is -0.406. The minimum Gasteiger partial charge on any atom is -0.267 e. The average molecular weight is 212 g/mol. The molecule has 0 bridgehead atoms. The van der Waals surface area contributed by atoms with Gasteiger partial charge in [-0.2, -0.15) is 0 Å². The van der Waals surface area contributed by atoms with Gasteiger partial charge in [0.15, 0.2) is 0 Å². The molecular weight excluding hydrogens is 209 g/mol. The van der Waals surface area contributed by atoms with Crippen LogP contribution in [0.5, 0.6) is 0 Å². The summed E-state index contributed by atoms with van der Waals surface area (Å²) in [6.45, 7) is 0. The predicted molar refractivity (Wildman–Crippen MR) is 44.1 cm³/mol. The van der Waals surface area contributed by atoms with E-state index < -0.39 is 11.8 Å². The van der Waals surface area contributed by atoms with E-state index in [-0.39, 0.29) is 10.1 Å². The molecule has 0 N–H and O–H groups in total. The first kappa shape index (κ1) is 8.90. The van der Waals surface area contributed by atoms with Crippen molar-refractivity contribution in [3.05, 3.63) is 10.1 Å². The van der Waals surface area contributed by atoms with Gasteiger partial charge in [-0.25, -0.2) is 4.31 Å². The molecule has 6 heteroatoms. The third-order valence-corrected chi connectivity index (χ3v) is 2.61. The SMILES string of the molecule is CSN1C(=O)C(Cl)=C(Cl)C1=O.